The molecule has 0 fully saturated rings. The van der Waals surface area contributed by atoms with Crippen molar-refractivity contribution >= 4 is 5.57 Å². The number of alkyl halides is 1. The molecule has 0 N–H and O–H groups in total. The molecule has 15 heavy (non-hydrogen) atoms. The lowest BCUT2D eigenvalue weighted by Gasteiger charge is -2.16. The Labute approximate surface area is 89.6 Å². The van der Waals surface area contributed by atoms with Crippen LogP contribution in [-0.4, -0.2) is 13.3 Å². The predicted molar refractivity (Wildman–Crippen MR) is 59.7 cm³/mol. The number of halogens is 1. The molecule has 1 unspecified atom stereocenters. The molecule has 1 aromatic carbocycles. The van der Waals surface area contributed by atoms with Crippen molar-refractivity contribution in [3.05, 3.63) is 35.9 Å². The lowest BCUT2D eigenvalue weighted by molar-refractivity contribution is 0.364. The Hall–Kier alpha value is -1.31. The van der Waals surface area contributed by atoms with E-state index in [1.165, 1.54) is 0 Å². The zero-order chi connectivity index (χ0) is 10.7. The first-order valence-electron chi connectivity index (χ1n) is 5.29. The fourth-order valence-corrected chi connectivity index (χ4v) is 1.92. The highest BCUT2D eigenvalue weighted by atomic mass is 19.1. The molecule has 1 atom stereocenters. The maximum atomic E-state index is 13.2. The Morgan fingerprint density at radius 3 is 2.60 bits per heavy atom. The SMILES string of the molecule is COc1ccc(C2=CC(F)CCC2)cc1. The first-order chi connectivity index (χ1) is 7.29. The third-order valence-corrected chi connectivity index (χ3v) is 2.77. The van der Waals surface area contributed by atoms with E-state index < -0.39 is 6.17 Å². The first kappa shape index (κ1) is 10.2. The zero-order valence-corrected chi connectivity index (χ0v) is 8.87. The second-order valence-electron chi connectivity index (χ2n) is 3.83. The number of allylic oxidation sites excluding steroid dienone is 2. The molecule has 80 valence electrons. The number of hydrogen-bond acceptors (Lipinski definition) is 1. The van der Waals surface area contributed by atoms with Gasteiger partial charge >= 0.3 is 0 Å². The van der Waals surface area contributed by atoms with Gasteiger partial charge in [-0.05, 0) is 48.6 Å². The highest BCUT2D eigenvalue weighted by Gasteiger charge is 2.13. The number of hydrogen-bond donors (Lipinski definition) is 0. The van der Waals surface area contributed by atoms with Crippen molar-refractivity contribution in [2.24, 2.45) is 0 Å². The summed E-state index contributed by atoms with van der Waals surface area (Å²) in [5, 5.41) is 0. The van der Waals surface area contributed by atoms with Gasteiger partial charge in [-0.1, -0.05) is 12.1 Å². The minimum Gasteiger partial charge on any atom is -0.497 e. The van der Waals surface area contributed by atoms with Gasteiger partial charge in [-0.3, -0.25) is 0 Å². The van der Waals surface area contributed by atoms with E-state index >= 15 is 0 Å². The standard InChI is InChI=1S/C13H15FO/c1-15-13-7-5-10(6-8-13)11-3-2-4-12(14)9-11/h5-9,12H,2-4H2,1H3. The molecule has 0 bridgehead atoms. The minimum atomic E-state index is -0.768. The summed E-state index contributed by atoms with van der Waals surface area (Å²) in [5.74, 6) is 0.840. The number of ether oxygens (including phenoxy) is 1. The molecular formula is C13H15FO. The quantitative estimate of drug-likeness (QED) is 0.718. The third kappa shape index (κ3) is 2.38. The van der Waals surface area contributed by atoms with Crippen LogP contribution in [-0.2, 0) is 0 Å². The largest absolute Gasteiger partial charge is 0.497 e. The molecule has 0 radical (unpaired) electrons. The van der Waals surface area contributed by atoms with Gasteiger partial charge < -0.3 is 4.74 Å². The van der Waals surface area contributed by atoms with Crippen LogP contribution >= 0.6 is 0 Å². The Morgan fingerprint density at radius 1 is 1.27 bits per heavy atom. The molecule has 1 aromatic rings. The van der Waals surface area contributed by atoms with Crippen LogP contribution in [0.4, 0.5) is 4.39 Å². The van der Waals surface area contributed by atoms with E-state index in [-0.39, 0.29) is 0 Å². The van der Waals surface area contributed by atoms with Gasteiger partial charge in [0.25, 0.3) is 0 Å². The van der Waals surface area contributed by atoms with Gasteiger partial charge in [0.05, 0.1) is 7.11 Å². The number of rotatable bonds is 2. The molecule has 1 aliphatic carbocycles. The number of methoxy groups -OCH3 is 1. The van der Waals surface area contributed by atoms with Crippen LogP contribution in [0.15, 0.2) is 30.3 Å². The van der Waals surface area contributed by atoms with E-state index in [0.717, 1.165) is 29.7 Å². The van der Waals surface area contributed by atoms with Gasteiger partial charge in [-0.15, -0.1) is 0 Å². The topological polar surface area (TPSA) is 9.23 Å². The van der Waals surface area contributed by atoms with Crippen LogP contribution in [0.3, 0.4) is 0 Å². The lowest BCUT2D eigenvalue weighted by atomic mass is 9.93. The van der Waals surface area contributed by atoms with E-state index in [2.05, 4.69) is 0 Å². The normalized spacial score (nSPS) is 20.9. The van der Waals surface area contributed by atoms with Crippen molar-refractivity contribution in [3.8, 4) is 5.75 Å². The molecular weight excluding hydrogens is 191 g/mol. The van der Waals surface area contributed by atoms with Gasteiger partial charge in [-0.2, -0.15) is 0 Å². The molecule has 0 spiro atoms. The molecule has 2 heteroatoms. The zero-order valence-electron chi connectivity index (χ0n) is 8.87. The van der Waals surface area contributed by atoms with Crippen LogP contribution in [0.1, 0.15) is 24.8 Å². The molecule has 2 rings (SSSR count). The highest BCUT2D eigenvalue weighted by molar-refractivity contribution is 5.67. The fraction of sp³-hybridized carbons (Fsp3) is 0.385. The second kappa shape index (κ2) is 4.47. The Morgan fingerprint density at radius 2 is 2.00 bits per heavy atom. The van der Waals surface area contributed by atoms with Crippen LogP contribution in [0, 0.1) is 0 Å². The van der Waals surface area contributed by atoms with Crippen LogP contribution in [0.25, 0.3) is 5.57 Å². The summed E-state index contributed by atoms with van der Waals surface area (Å²) < 4.78 is 18.2. The molecule has 0 aromatic heterocycles. The van der Waals surface area contributed by atoms with Crippen LogP contribution in [0.5, 0.6) is 5.75 Å². The van der Waals surface area contributed by atoms with E-state index in [9.17, 15) is 4.39 Å². The van der Waals surface area contributed by atoms with Crippen molar-refractivity contribution in [2.45, 2.75) is 25.4 Å². The smallest absolute Gasteiger partial charge is 0.119 e. The first-order valence-corrected chi connectivity index (χ1v) is 5.29. The van der Waals surface area contributed by atoms with E-state index in [1.54, 1.807) is 13.2 Å². The monoisotopic (exact) mass is 206 g/mol. The molecule has 0 amide bonds. The van der Waals surface area contributed by atoms with Crippen molar-refractivity contribution < 1.29 is 9.13 Å². The van der Waals surface area contributed by atoms with Crippen molar-refractivity contribution in [1.82, 2.24) is 0 Å². The van der Waals surface area contributed by atoms with Gasteiger partial charge in [0, 0.05) is 0 Å². The molecule has 1 aliphatic rings. The highest BCUT2D eigenvalue weighted by Crippen LogP contribution is 2.29. The van der Waals surface area contributed by atoms with E-state index in [0.29, 0.717) is 6.42 Å². The summed E-state index contributed by atoms with van der Waals surface area (Å²) in [4.78, 5) is 0. The minimum absolute atomic E-state index is 0.666. The van der Waals surface area contributed by atoms with Gasteiger partial charge in [0.2, 0.25) is 0 Å². The molecule has 1 nitrogen and oxygen atoms in total. The van der Waals surface area contributed by atoms with Gasteiger partial charge in [0.15, 0.2) is 0 Å². The molecule has 0 heterocycles. The van der Waals surface area contributed by atoms with Crippen LogP contribution < -0.4 is 4.74 Å². The van der Waals surface area contributed by atoms with E-state index in [1.807, 2.05) is 24.3 Å². The molecule has 0 saturated carbocycles. The summed E-state index contributed by atoms with van der Waals surface area (Å²) in [6.07, 6.45) is 3.56. The third-order valence-electron chi connectivity index (χ3n) is 2.77. The molecule has 0 saturated heterocycles. The Bertz CT molecular complexity index is 353. The Kier molecular flexibility index (Phi) is 3.05. The van der Waals surface area contributed by atoms with Crippen molar-refractivity contribution in [1.29, 1.82) is 0 Å². The average molecular weight is 206 g/mol. The average Bonchev–Trinajstić information content (AvgIpc) is 2.29. The lowest BCUT2D eigenvalue weighted by Crippen LogP contribution is -2.03. The Balaban J connectivity index is 2.21. The predicted octanol–water partition coefficient (Wildman–Crippen LogP) is 3.60. The fourth-order valence-electron chi connectivity index (χ4n) is 1.92. The summed E-state index contributed by atoms with van der Waals surface area (Å²) in [5.41, 5.74) is 2.23. The maximum Gasteiger partial charge on any atom is 0.119 e. The number of benzene rings is 1. The van der Waals surface area contributed by atoms with Crippen molar-refractivity contribution in [3.63, 3.8) is 0 Å². The summed E-state index contributed by atoms with van der Waals surface area (Å²) >= 11 is 0. The maximum absolute atomic E-state index is 13.2. The van der Waals surface area contributed by atoms with Crippen molar-refractivity contribution in [2.75, 3.05) is 7.11 Å². The summed E-state index contributed by atoms with van der Waals surface area (Å²) in [7, 11) is 1.65. The summed E-state index contributed by atoms with van der Waals surface area (Å²) in [6, 6.07) is 7.81. The van der Waals surface area contributed by atoms with Gasteiger partial charge in [0.1, 0.15) is 11.9 Å². The summed E-state index contributed by atoms with van der Waals surface area (Å²) in [6.45, 7) is 0. The van der Waals surface area contributed by atoms with E-state index in [4.69, 9.17) is 4.74 Å². The van der Waals surface area contributed by atoms with Crippen LogP contribution in [0.2, 0.25) is 0 Å². The second-order valence-corrected chi connectivity index (χ2v) is 3.83. The van der Waals surface area contributed by atoms with Gasteiger partial charge in [-0.25, -0.2) is 4.39 Å². The molecule has 0 aliphatic heterocycles.